The third kappa shape index (κ3) is 3.33. The first kappa shape index (κ1) is 15.7. The van der Waals surface area contributed by atoms with E-state index in [4.69, 9.17) is 17.3 Å². The normalized spacial score (nSPS) is 13.3. The minimum absolute atomic E-state index is 0.0154. The smallest absolute Gasteiger partial charge is 0.320 e. The van der Waals surface area contributed by atoms with Crippen molar-refractivity contribution in [2.45, 2.75) is 12.2 Å². The third-order valence-electron chi connectivity index (χ3n) is 2.95. The van der Waals surface area contributed by atoms with E-state index in [1.54, 1.807) is 0 Å². The van der Waals surface area contributed by atoms with E-state index in [2.05, 4.69) is 0 Å². The van der Waals surface area contributed by atoms with Crippen LogP contribution in [0.4, 0.5) is 22.0 Å². The number of nitrogens with two attached hydrogens (primary N) is 1. The average molecular weight is 322 g/mol. The van der Waals surface area contributed by atoms with Crippen LogP contribution in [0.1, 0.15) is 22.7 Å². The van der Waals surface area contributed by atoms with Crippen molar-refractivity contribution >= 4 is 11.6 Å². The summed E-state index contributed by atoms with van der Waals surface area (Å²) in [5.74, 6) is -2.13. The van der Waals surface area contributed by atoms with Gasteiger partial charge in [-0.15, -0.1) is 0 Å². The molecule has 21 heavy (non-hydrogen) atoms. The van der Waals surface area contributed by atoms with Gasteiger partial charge < -0.3 is 5.73 Å². The van der Waals surface area contributed by atoms with E-state index in [0.717, 1.165) is 12.1 Å². The molecule has 1 nitrogen and oxygen atoms in total. The Kier molecular flexibility index (Phi) is 4.20. The molecule has 2 aromatic rings. The van der Waals surface area contributed by atoms with Gasteiger partial charge in [0, 0.05) is 10.6 Å². The maximum absolute atomic E-state index is 13.7. The van der Waals surface area contributed by atoms with Crippen LogP contribution in [0.5, 0.6) is 0 Å². The Morgan fingerprint density at radius 3 is 2.19 bits per heavy atom. The van der Waals surface area contributed by atoms with Gasteiger partial charge >= 0.3 is 6.18 Å². The van der Waals surface area contributed by atoms with E-state index in [9.17, 15) is 22.0 Å². The lowest BCUT2D eigenvalue weighted by atomic mass is 9.97. The quantitative estimate of drug-likeness (QED) is 0.798. The highest BCUT2D eigenvalue weighted by molar-refractivity contribution is 6.30. The molecule has 0 saturated carbocycles. The summed E-state index contributed by atoms with van der Waals surface area (Å²) in [6.45, 7) is 0. The lowest BCUT2D eigenvalue weighted by Gasteiger charge is -2.16. The second-order valence-corrected chi connectivity index (χ2v) is 4.82. The van der Waals surface area contributed by atoms with Crippen LogP contribution < -0.4 is 5.73 Å². The Bertz CT molecular complexity index is 669. The topological polar surface area (TPSA) is 26.0 Å². The fraction of sp³-hybridized carbons (Fsp3) is 0.143. The Morgan fingerprint density at radius 2 is 1.62 bits per heavy atom. The zero-order valence-corrected chi connectivity index (χ0v) is 11.1. The highest BCUT2D eigenvalue weighted by Gasteiger charge is 2.34. The molecule has 0 radical (unpaired) electrons. The first-order valence-electron chi connectivity index (χ1n) is 5.77. The van der Waals surface area contributed by atoms with Gasteiger partial charge in [-0.25, -0.2) is 8.78 Å². The lowest BCUT2D eigenvalue weighted by Crippen LogP contribution is -2.15. The molecule has 2 rings (SSSR count). The van der Waals surface area contributed by atoms with E-state index in [0.29, 0.717) is 12.1 Å². The molecular weight excluding hydrogens is 313 g/mol. The van der Waals surface area contributed by atoms with Crippen LogP contribution in [0.2, 0.25) is 5.02 Å². The van der Waals surface area contributed by atoms with Crippen LogP contribution >= 0.6 is 11.6 Å². The molecule has 1 unspecified atom stereocenters. The first-order valence-corrected chi connectivity index (χ1v) is 6.15. The van der Waals surface area contributed by atoms with Gasteiger partial charge in [0.2, 0.25) is 0 Å². The Morgan fingerprint density at radius 1 is 0.952 bits per heavy atom. The second-order valence-electron chi connectivity index (χ2n) is 4.38. The molecule has 2 N–H and O–H groups in total. The molecule has 0 spiro atoms. The lowest BCUT2D eigenvalue weighted by molar-refractivity contribution is -0.140. The van der Waals surface area contributed by atoms with E-state index in [1.165, 1.54) is 12.1 Å². The van der Waals surface area contributed by atoms with Gasteiger partial charge in [-0.05, 0) is 35.9 Å². The molecule has 7 heteroatoms. The van der Waals surface area contributed by atoms with Crippen LogP contribution in [0.15, 0.2) is 36.4 Å². The fourth-order valence-electron chi connectivity index (χ4n) is 1.89. The predicted octanol–water partition coefficient (Wildman–Crippen LogP) is 4.69. The zero-order chi connectivity index (χ0) is 15.8. The number of hydrogen-bond acceptors (Lipinski definition) is 1. The number of benzene rings is 2. The molecule has 0 aliphatic heterocycles. The summed E-state index contributed by atoms with van der Waals surface area (Å²) in [6.07, 6.45) is -4.80. The summed E-state index contributed by atoms with van der Waals surface area (Å²) in [7, 11) is 0. The van der Waals surface area contributed by atoms with Crippen molar-refractivity contribution in [2.75, 3.05) is 0 Å². The summed E-state index contributed by atoms with van der Waals surface area (Å²) in [5, 5.41) is 0.217. The molecule has 0 heterocycles. The monoisotopic (exact) mass is 321 g/mol. The molecule has 0 aliphatic rings. The summed E-state index contributed by atoms with van der Waals surface area (Å²) >= 11 is 5.72. The SMILES string of the molecule is NC(c1ccc(C(F)(F)F)c(F)c1)c1cc(Cl)ccc1F. The highest BCUT2D eigenvalue weighted by Crippen LogP contribution is 2.33. The van der Waals surface area contributed by atoms with Crippen LogP contribution in [0.3, 0.4) is 0 Å². The van der Waals surface area contributed by atoms with E-state index >= 15 is 0 Å². The van der Waals surface area contributed by atoms with Crippen molar-refractivity contribution in [3.8, 4) is 0 Å². The molecular formula is C14H9ClF5N. The third-order valence-corrected chi connectivity index (χ3v) is 3.19. The first-order chi connectivity index (χ1) is 9.70. The molecule has 1 atom stereocenters. The van der Waals surface area contributed by atoms with Gasteiger partial charge in [-0.2, -0.15) is 13.2 Å². The van der Waals surface area contributed by atoms with Gasteiger partial charge in [0.25, 0.3) is 0 Å². The zero-order valence-electron chi connectivity index (χ0n) is 10.4. The van der Waals surface area contributed by atoms with E-state index in [-0.39, 0.29) is 16.1 Å². The van der Waals surface area contributed by atoms with Gasteiger partial charge in [0.05, 0.1) is 11.6 Å². The van der Waals surface area contributed by atoms with Crippen LogP contribution in [-0.2, 0) is 6.18 Å². The van der Waals surface area contributed by atoms with E-state index < -0.39 is 29.4 Å². The number of alkyl halides is 3. The Labute approximate surface area is 122 Å². The number of hydrogen-bond donors (Lipinski definition) is 1. The Hall–Kier alpha value is -1.66. The van der Waals surface area contributed by atoms with Gasteiger partial charge in [-0.1, -0.05) is 17.7 Å². The number of rotatable bonds is 2. The summed E-state index contributed by atoms with van der Waals surface area (Å²) in [4.78, 5) is 0. The van der Waals surface area contributed by atoms with Crippen molar-refractivity contribution in [3.63, 3.8) is 0 Å². The van der Waals surface area contributed by atoms with E-state index in [1.807, 2.05) is 0 Å². The molecule has 0 bridgehead atoms. The van der Waals surface area contributed by atoms with Crippen LogP contribution in [-0.4, -0.2) is 0 Å². The van der Waals surface area contributed by atoms with Crippen LogP contribution in [0, 0.1) is 11.6 Å². The van der Waals surface area contributed by atoms with Crippen LogP contribution in [0.25, 0.3) is 0 Å². The number of halogens is 6. The fourth-order valence-corrected chi connectivity index (χ4v) is 2.07. The minimum Gasteiger partial charge on any atom is -0.320 e. The molecule has 0 amide bonds. The standard InChI is InChI=1S/C14H9ClF5N/c15-8-2-4-11(16)9(6-8)13(21)7-1-3-10(12(17)5-7)14(18,19)20/h1-6,13H,21H2. The predicted molar refractivity (Wildman–Crippen MR) is 68.8 cm³/mol. The second kappa shape index (κ2) is 5.61. The molecule has 0 aliphatic carbocycles. The highest BCUT2D eigenvalue weighted by atomic mass is 35.5. The largest absolute Gasteiger partial charge is 0.419 e. The minimum atomic E-state index is -4.80. The molecule has 0 aromatic heterocycles. The molecule has 0 saturated heterocycles. The van der Waals surface area contributed by atoms with Crippen molar-refractivity contribution in [1.82, 2.24) is 0 Å². The summed E-state index contributed by atoms with van der Waals surface area (Å²) in [6, 6.07) is 4.74. The molecule has 2 aromatic carbocycles. The maximum atomic E-state index is 13.7. The van der Waals surface area contributed by atoms with Gasteiger partial charge in [0.1, 0.15) is 11.6 Å². The average Bonchev–Trinajstić information content (AvgIpc) is 2.39. The summed E-state index contributed by atoms with van der Waals surface area (Å²) in [5.41, 5.74) is 4.36. The van der Waals surface area contributed by atoms with Crippen molar-refractivity contribution < 1.29 is 22.0 Å². The van der Waals surface area contributed by atoms with Gasteiger partial charge in [0.15, 0.2) is 0 Å². The molecule has 0 fully saturated rings. The van der Waals surface area contributed by atoms with Crippen molar-refractivity contribution in [3.05, 3.63) is 69.7 Å². The van der Waals surface area contributed by atoms with Crippen molar-refractivity contribution in [1.29, 1.82) is 0 Å². The summed E-state index contributed by atoms with van der Waals surface area (Å²) < 4.78 is 64.6. The van der Waals surface area contributed by atoms with Crippen molar-refractivity contribution in [2.24, 2.45) is 5.73 Å². The van der Waals surface area contributed by atoms with Gasteiger partial charge in [-0.3, -0.25) is 0 Å². The maximum Gasteiger partial charge on any atom is 0.419 e. The Balaban J connectivity index is 2.43. The molecule has 112 valence electrons.